The Morgan fingerprint density at radius 1 is 1.12 bits per heavy atom. The first-order valence-electron chi connectivity index (χ1n) is 10.2. The van der Waals surface area contributed by atoms with Crippen molar-refractivity contribution in [2.24, 2.45) is 10.9 Å². The molecule has 0 aliphatic carbocycles. The standard InChI is InChI=1S/C22H22N4O7/c1-3-32-20(28)17(21(29)33-4-2)22(11-8-12-24-22)18(27)19-23-13-16(26(30)31)25(19)14-15-9-6-5-7-10-15/h5-13,17H,3-4,14H2,1-2H3. The number of allylic oxidation sites excluding steroid dienone is 1. The van der Waals surface area contributed by atoms with Crippen molar-refractivity contribution in [2.45, 2.75) is 25.9 Å². The fourth-order valence-corrected chi connectivity index (χ4v) is 3.54. The number of ketones is 1. The maximum atomic E-state index is 13.8. The van der Waals surface area contributed by atoms with Crippen LogP contribution in [0.1, 0.15) is 30.0 Å². The van der Waals surface area contributed by atoms with Crippen LogP contribution in [0.3, 0.4) is 0 Å². The molecule has 0 spiro atoms. The number of imidazole rings is 1. The van der Waals surface area contributed by atoms with E-state index in [9.17, 15) is 24.5 Å². The number of nitrogens with zero attached hydrogens (tertiary/aromatic N) is 4. The number of carbonyl (C=O) groups is 3. The highest BCUT2D eigenvalue weighted by Crippen LogP contribution is 2.34. The Hall–Kier alpha value is -4.15. The zero-order valence-electron chi connectivity index (χ0n) is 18.0. The van der Waals surface area contributed by atoms with Crippen molar-refractivity contribution in [3.8, 4) is 0 Å². The molecule has 0 amide bonds. The topological polar surface area (TPSA) is 143 Å². The molecule has 1 aliphatic heterocycles. The summed E-state index contributed by atoms with van der Waals surface area (Å²) in [7, 11) is 0. The molecule has 1 aromatic heterocycles. The quantitative estimate of drug-likeness (QED) is 0.175. The Balaban J connectivity index is 2.13. The molecule has 0 saturated heterocycles. The molecule has 172 valence electrons. The summed E-state index contributed by atoms with van der Waals surface area (Å²) in [5, 5.41) is 11.6. The molecular weight excluding hydrogens is 432 g/mol. The van der Waals surface area contributed by atoms with E-state index in [1.165, 1.54) is 18.4 Å². The van der Waals surface area contributed by atoms with Crippen LogP contribution in [0.15, 0.2) is 53.7 Å². The van der Waals surface area contributed by atoms with Crippen LogP contribution in [0.2, 0.25) is 0 Å². The number of aromatic nitrogens is 2. The number of hydrogen-bond acceptors (Lipinski definition) is 9. The predicted octanol–water partition coefficient (Wildman–Crippen LogP) is 2.14. The lowest BCUT2D eigenvalue weighted by molar-refractivity contribution is -0.392. The first-order chi connectivity index (χ1) is 15.9. The third kappa shape index (κ3) is 4.56. The van der Waals surface area contributed by atoms with E-state index in [1.54, 1.807) is 44.2 Å². The van der Waals surface area contributed by atoms with Crippen molar-refractivity contribution in [3.05, 3.63) is 70.2 Å². The van der Waals surface area contributed by atoms with Crippen LogP contribution in [0, 0.1) is 16.0 Å². The van der Waals surface area contributed by atoms with E-state index in [-0.39, 0.29) is 25.6 Å². The smallest absolute Gasteiger partial charge is 0.343 e. The summed E-state index contributed by atoms with van der Waals surface area (Å²) in [6.07, 6.45) is 4.90. The molecule has 33 heavy (non-hydrogen) atoms. The molecule has 0 saturated carbocycles. The number of Topliss-reactive ketones (excluding diaryl/α,β-unsaturated/α-hetero) is 1. The zero-order chi connectivity index (χ0) is 24.0. The summed E-state index contributed by atoms with van der Waals surface area (Å²) in [5.41, 5.74) is -1.37. The van der Waals surface area contributed by atoms with E-state index >= 15 is 0 Å². The fraction of sp³-hybridized carbons (Fsp3) is 0.318. The Labute approximate surface area is 188 Å². The number of ether oxygens (including phenoxy) is 2. The molecule has 2 aromatic rings. The average molecular weight is 454 g/mol. The number of carbonyl (C=O) groups excluding carboxylic acids is 3. The van der Waals surface area contributed by atoms with Crippen LogP contribution in [0.5, 0.6) is 0 Å². The molecular formula is C22H22N4O7. The van der Waals surface area contributed by atoms with Crippen LogP contribution in [-0.4, -0.2) is 57.2 Å². The van der Waals surface area contributed by atoms with Crippen LogP contribution >= 0.6 is 0 Å². The SMILES string of the molecule is CCOC(=O)C(C(=O)OCC)C1(C(=O)c2ncc([N+](=O)[O-])n2Cc2ccccc2)C=CC=N1. The Morgan fingerprint density at radius 3 is 2.27 bits per heavy atom. The average Bonchev–Trinajstić information content (AvgIpc) is 3.43. The van der Waals surface area contributed by atoms with Gasteiger partial charge in [0.25, 0.3) is 11.6 Å². The van der Waals surface area contributed by atoms with Gasteiger partial charge in [-0.1, -0.05) is 30.3 Å². The Bertz CT molecular complexity index is 1090. The minimum atomic E-state index is -2.05. The van der Waals surface area contributed by atoms with Crippen molar-refractivity contribution in [1.29, 1.82) is 0 Å². The second kappa shape index (κ2) is 9.98. The van der Waals surface area contributed by atoms with Crippen LogP contribution < -0.4 is 0 Å². The van der Waals surface area contributed by atoms with Gasteiger partial charge in [0.05, 0.1) is 13.2 Å². The third-order valence-electron chi connectivity index (χ3n) is 4.98. The Kier molecular flexibility index (Phi) is 7.11. The molecule has 0 bridgehead atoms. The Morgan fingerprint density at radius 2 is 1.76 bits per heavy atom. The van der Waals surface area contributed by atoms with Crippen molar-refractivity contribution in [2.75, 3.05) is 13.2 Å². The largest absolute Gasteiger partial charge is 0.465 e. The summed E-state index contributed by atoms with van der Waals surface area (Å²) >= 11 is 0. The molecule has 1 aliphatic rings. The third-order valence-corrected chi connectivity index (χ3v) is 4.98. The van der Waals surface area contributed by atoms with Crippen LogP contribution in [0.4, 0.5) is 5.82 Å². The predicted molar refractivity (Wildman–Crippen MR) is 116 cm³/mol. The van der Waals surface area contributed by atoms with E-state index in [2.05, 4.69) is 9.98 Å². The highest BCUT2D eigenvalue weighted by atomic mass is 16.6. The van der Waals surface area contributed by atoms with E-state index in [1.807, 2.05) is 0 Å². The first-order valence-corrected chi connectivity index (χ1v) is 10.2. The van der Waals surface area contributed by atoms with Gasteiger partial charge in [-0.25, -0.2) is 4.98 Å². The highest BCUT2D eigenvalue weighted by molar-refractivity contribution is 6.13. The van der Waals surface area contributed by atoms with Crippen LogP contribution in [-0.2, 0) is 25.6 Å². The number of rotatable bonds is 10. The molecule has 11 heteroatoms. The monoisotopic (exact) mass is 454 g/mol. The van der Waals surface area contributed by atoms with Gasteiger partial charge in [0, 0.05) is 6.21 Å². The first kappa shape index (κ1) is 23.5. The van der Waals surface area contributed by atoms with Crippen LogP contribution in [0.25, 0.3) is 0 Å². The summed E-state index contributed by atoms with van der Waals surface area (Å²) in [6, 6.07) is 8.77. The molecule has 1 unspecified atom stereocenters. The summed E-state index contributed by atoms with van der Waals surface area (Å²) < 4.78 is 11.2. The molecule has 0 fully saturated rings. The van der Waals surface area contributed by atoms with Crippen molar-refractivity contribution >= 4 is 29.8 Å². The highest BCUT2D eigenvalue weighted by Gasteiger charge is 2.56. The number of aliphatic imine (C=N–C) groups is 1. The molecule has 0 radical (unpaired) electrons. The number of esters is 2. The van der Waals surface area contributed by atoms with Gasteiger partial charge >= 0.3 is 17.8 Å². The fourth-order valence-electron chi connectivity index (χ4n) is 3.54. The summed E-state index contributed by atoms with van der Waals surface area (Å²) in [6.45, 7) is 2.99. The second-order valence-corrected chi connectivity index (χ2v) is 7.00. The molecule has 0 N–H and O–H groups in total. The molecule has 3 rings (SSSR count). The van der Waals surface area contributed by atoms with Gasteiger partial charge in [-0.05, 0) is 36.5 Å². The van der Waals surface area contributed by atoms with Crippen molar-refractivity contribution < 1.29 is 28.8 Å². The van der Waals surface area contributed by atoms with Gasteiger partial charge < -0.3 is 19.6 Å². The van der Waals surface area contributed by atoms with Crippen molar-refractivity contribution in [3.63, 3.8) is 0 Å². The zero-order valence-corrected chi connectivity index (χ0v) is 18.0. The maximum absolute atomic E-state index is 13.8. The van der Waals surface area contributed by atoms with E-state index in [4.69, 9.17) is 9.47 Å². The maximum Gasteiger partial charge on any atom is 0.343 e. The number of hydrogen-bond donors (Lipinski definition) is 0. The molecule has 1 atom stereocenters. The van der Waals surface area contributed by atoms with Gasteiger partial charge in [0.2, 0.25) is 0 Å². The van der Waals surface area contributed by atoms with Gasteiger partial charge in [0.15, 0.2) is 11.5 Å². The normalized spacial score (nSPS) is 16.7. The lowest BCUT2D eigenvalue weighted by Crippen LogP contribution is -2.51. The number of nitro groups is 1. The van der Waals surface area contributed by atoms with Gasteiger partial charge in [-0.15, -0.1) is 0 Å². The lowest BCUT2D eigenvalue weighted by atomic mass is 9.80. The lowest BCUT2D eigenvalue weighted by Gasteiger charge is -2.28. The van der Waals surface area contributed by atoms with Gasteiger partial charge in [-0.2, -0.15) is 4.57 Å². The number of benzene rings is 1. The minimum absolute atomic E-state index is 0.0365. The molecule has 11 nitrogen and oxygen atoms in total. The van der Waals surface area contributed by atoms with Gasteiger partial charge in [0.1, 0.15) is 12.7 Å². The molecule has 1 aromatic carbocycles. The molecule has 2 heterocycles. The summed E-state index contributed by atoms with van der Waals surface area (Å²) in [4.78, 5) is 58.4. The van der Waals surface area contributed by atoms with Gasteiger partial charge in [-0.3, -0.25) is 19.4 Å². The van der Waals surface area contributed by atoms with Crippen molar-refractivity contribution in [1.82, 2.24) is 9.55 Å². The van der Waals surface area contributed by atoms with E-state index in [0.29, 0.717) is 5.56 Å². The minimum Gasteiger partial charge on any atom is -0.465 e. The van der Waals surface area contributed by atoms with E-state index < -0.39 is 39.9 Å². The summed E-state index contributed by atoms with van der Waals surface area (Å²) in [5.74, 6) is -5.37. The second-order valence-electron chi connectivity index (χ2n) is 7.00. The van der Waals surface area contributed by atoms with E-state index in [0.717, 1.165) is 10.8 Å².